The average Bonchev–Trinajstić information content (AvgIpc) is 1.97. The van der Waals surface area contributed by atoms with Crippen molar-refractivity contribution in [2.24, 2.45) is 0 Å². The van der Waals surface area contributed by atoms with E-state index in [2.05, 4.69) is 0 Å². The summed E-state index contributed by atoms with van der Waals surface area (Å²) in [5, 5.41) is 11.4. The smallest absolute Gasteiger partial charge is 0.289 e. The maximum atomic E-state index is 11.1. The van der Waals surface area contributed by atoms with Crippen LogP contribution in [-0.2, 0) is 0 Å². The molecular weight excluding hydrogens is 162 g/mol. The van der Waals surface area contributed by atoms with Gasteiger partial charge in [-0.25, -0.2) is 0 Å². The van der Waals surface area contributed by atoms with Crippen LogP contribution in [0.4, 0.5) is 0 Å². The Hall–Kier alpha value is -0.760. The fraction of sp³-hybridized carbons (Fsp3) is 0.375. The maximum Gasteiger partial charge on any atom is 0.289 e. The zero-order valence-corrected chi connectivity index (χ0v) is 7.57. The van der Waals surface area contributed by atoms with Crippen molar-refractivity contribution in [3.8, 4) is 0 Å². The zero-order chi connectivity index (χ0) is 8.59. The molecule has 0 saturated heterocycles. The minimum absolute atomic E-state index is 0.280. The molecule has 0 aliphatic rings. The first-order valence-electron chi connectivity index (χ1n) is 3.40. The highest BCUT2D eigenvalue weighted by atomic mass is 35.5. The van der Waals surface area contributed by atoms with Crippen molar-refractivity contribution < 1.29 is 4.73 Å². The summed E-state index contributed by atoms with van der Waals surface area (Å²) in [6.07, 6.45) is 0. The van der Waals surface area contributed by atoms with E-state index in [1.807, 2.05) is 19.9 Å². The average molecular weight is 172 g/mol. The second kappa shape index (κ2) is 2.70. The van der Waals surface area contributed by atoms with E-state index < -0.39 is 0 Å². The third kappa shape index (κ3) is 1.31. The molecule has 0 fully saturated rings. The summed E-state index contributed by atoms with van der Waals surface area (Å²) in [6.45, 7) is 5.52. The molecule has 1 aromatic heterocycles. The van der Waals surface area contributed by atoms with Gasteiger partial charge in [-0.3, -0.25) is 0 Å². The lowest BCUT2D eigenvalue weighted by atomic mass is 10.1. The Balaban J connectivity index is 3.46. The van der Waals surface area contributed by atoms with Gasteiger partial charge in [0.15, 0.2) is 5.69 Å². The Kier molecular flexibility index (Phi) is 2.05. The molecule has 60 valence electrons. The van der Waals surface area contributed by atoms with Gasteiger partial charge in [0.05, 0.1) is 0 Å². The van der Waals surface area contributed by atoms with E-state index in [-0.39, 0.29) is 5.15 Å². The lowest BCUT2D eigenvalue weighted by molar-refractivity contribution is -0.610. The summed E-state index contributed by atoms with van der Waals surface area (Å²) in [4.78, 5) is 0. The van der Waals surface area contributed by atoms with Crippen LogP contribution in [0.5, 0.6) is 0 Å². The lowest BCUT2D eigenvalue weighted by Gasteiger charge is -2.06. The summed E-state index contributed by atoms with van der Waals surface area (Å²) >= 11 is 5.74. The molecule has 0 spiro atoms. The molecule has 0 N–H and O–H groups in total. The fourth-order valence-electron chi connectivity index (χ4n) is 0.950. The van der Waals surface area contributed by atoms with E-state index in [4.69, 9.17) is 11.6 Å². The number of pyridine rings is 1. The minimum atomic E-state index is 0.280. The highest BCUT2D eigenvalue weighted by molar-refractivity contribution is 6.29. The van der Waals surface area contributed by atoms with Crippen molar-refractivity contribution in [3.05, 3.63) is 33.2 Å². The number of halogens is 1. The number of nitrogens with zero attached hydrogens (tertiary/aromatic N) is 1. The summed E-state index contributed by atoms with van der Waals surface area (Å²) in [5.74, 6) is 0. The van der Waals surface area contributed by atoms with Gasteiger partial charge in [-0.2, -0.15) is 4.73 Å². The van der Waals surface area contributed by atoms with Crippen molar-refractivity contribution in [1.29, 1.82) is 0 Å². The Labute approximate surface area is 71.0 Å². The van der Waals surface area contributed by atoms with Crippen molar-refractivity contribution in [2.45, 2.75) is 20.8 Å². The van der Waals surface area contributed by atoms with E-state index in [0.29, 0.717) is 5.69 Å². The van der Waals surface area contributed by atoms with Crippen molar-refractivity contribution in [1.82, 2.24) is 0 Å². The van der Waals surface area contributed by atoms with Crippen LogP contribution < -0.4 is 4.73 Å². The first-order valence-corrected chi connectivity index (χ1v) is 3.77. The molecular formula is C8H10ClNO. The van der Waals surface area contributed by atoms with Gasteiger partial charge in [-0.1, -0.05) is 0 Å². The van der Waals surface area contributed by atoms with Crippen LogP contribution in [0.15, 0.2) is 6.07 Å². The lowest BCUT2D eigenvalue weighted by Crippen LogP contribution is -2.32. The first-order chi connectivity index (χ1) is 5.04. The first kappa shape index (κ1) is 8.34. The number of aromatic nitrogens is 1. The van der Waals surface area contributed by atoms with E-state index in [0.717, 1.165) is 15.9 Å². The van der Waals surface area contributed by atoms with E-state index in [1.54, 1.807) is 6.92 Å². The molecule has 0 aromatic carbocycles. The van der Waals surface area contributed by atoms with E-state index >= 15 is 0 Å². The molecule has 1 rings (SSSR count). The van der Waals surface area contributed by atoms with Gasteiger partial charge in [0.2, 0.25) is 0 Å². The Morgan fingerprint density at radius 2 is 1.91 bits per heavy atom. The molecule has 0 atom stereocenters. The molecule has 2 nitrogen and oxygen atoms in total. The van der Waals surface area contributed by atoms with Gasteiger partial charge >= 0.3 is 0 Å². The van der Waals surface area contributed by atoms with Crippen LogP contribution in [0.1, 0.15) is 16.8 Å². The molecule has 3 heteroatoms. The largest absolute Gasteiger partial charge is 0.617 e. The number of aryl methyl sites for hydroxylation is 2. The summed E-state index contributed by atoms with van der Waals surface area (Å²) < 4.78 is 0.740. The standard InChI is InChI=1S/C8H10ClNO/c1-5-4-6(2)10(11)8(9)7(5)3/h4H,1-3H3. The second-order valence-electron chi connectivity index (χ2n) is 2.68. The number of hydrogen-bond donors (Lipinski definition) is 0. The normalized spacial score (nSPS) is 10.2. The van der Waals surface area contributed by atoms with Crippen LogP contribution in [0.3, 0.4) is 0 Å². The second-order valence-corrected chi connectivity index (χ2v) is 3.04. The van der Waals surface area contributed by atoms with Crippen LogP contribution >= 0.6 is 11.6 Å². The van der Waals surface area contributed by atoms with Gasteiger partial charge < -0.3 is 5.21 Å². The van der Waals surface area contributed by atoms with Gasteiger partial charge in [0, 0.05) is 18.6 Å². The van der Waals surface area contributed by atoms with Crippen LogP contribution in [0, 0.1) is 26.0 Å². The zero-order valence-electron chi connectivity index (χ0n) is 6.81. The quantitative estimate of drug-likeness (QED) is 0.333. The molecule has 1 heterocycles. The van der Waals surface area contributed by atoms with Crippen molar-refractivity contribution in [3.63, 3.8) is 0 Å². The molecule has 0 aliphatic carbocycles. The molecule has 11 heavy (non-hydrogen) atoms. The molecule has 1 aromatic rings. The van der Waals surface area contributed by atoms with Crippen LogP contribution in [-0.4, -0.2) is 0 Å². The summed E-state index contributed by atoms with van der Waals surface area (Å²) in [6, 6.07) is 1.83. The Bertz CT molecular complexity index is 270. The minimum Gasteiger partial charge on any atom is -0.617 e. The monoisotopic (exact) mass is 171 g/mol. The molecule has 0 amide bonds. The van der Waals surface area contributed by atoms with E-state index in [9.17, 15) is 5.21 Å². The third-order valence-corrected chi connectivity index (χ3v) is 2.26. The molecule has 0 bridgehead atoms. The molecule has 0 saturated carbocycles. The van der Waals surface area contributed by atoms with Gasteiger partial charge in [0.25, 0.3) is 5.15 Å². The van der Waals surface area contributed by atoms with Crippen molar-refractivity contribution >= 4 is 11.6 Å². The highest BCUT2D eigenvalue weighted by Gasteiger charge is 2.11. The molecule has 0 radical (unpaired) electrons. The Morgan fingerprint density at radius 3 is 2.45 bits per heavy atom. The topological polar surface area (TPSA) is 26.9 Å². The van der Waals surface area contributed by atoms with Crippen LogP contribution in [0.25, 0.3) is 0 Å². The highest BCUT2D eigenvalue weighted by Crippen LogP contribution is 2.14. The SMILES string of the molecule is Cc1cc(C)[n+]([O-])c(Cl)c1C. The van der Waals surface area contributed by atoms with Gasteiger partial charge in [0.1, 0.15) is 0 Å². The summed E-state index contributed by atoms with van der Waals surface area (Å²) in [7, 11) is 0. The molecule has 0 aliphatic heterocycles. The summed E-state index contributed by atoms with van der Waals surface area (Å²) in [5.41, 5.74) is 2.55. The Morgan fingerprint density at radius 1 is 1.36 bits per heavy atom. The number of hydrogen-bond acceptors (Lipinski definition) is 1. The molecule has 0 unspecified atom stereocenters. The number of rotatable bonds is 0. The van der Waals surface area contributed by atoms with Gasteiger partial charge in [-0.15, -0.1) is 0 Å². The fourth-order valence-corrected chi connectivity index (χ4v) is 1.23. The van der Waals surface area contributed by atoms with Crippen molar-refractivity contribution in [2.75, 3.05) is 0 Å². The van der Waals surface area contributed by atoms with Gasteiger partial charge in [-0.05, 0) is 31.0 Å². The predicted octanol–water partition coefficient (Wildman–Crippen LogP) is 1.90. The predicted molar refractivity (Wildman–Crippen MR) is 44.6 cm³/mol. The van der Waals surface area contributed by atoms with Crippen LogP contribution in [0.2, 0.25) is 5.15 Å². The third-order valence-electron chi connectivity index (χ3n) is 1.82. The van der Waals surface area contributed by atoms with E-state index in [1.165, 1.54) is 0 Å². The maximum absolute atomic E-state index is 11.1.